The first-order valence-electron chi connectivity index (χ1n) is 4.78. The van der Waals surface area contributed by atoms with Crippen molar-refractivity contribution >= 4 is 33.4 Å². The Hall–Kier alpha value is -0.190. The SMILES string of the molecule is CSCCN(C)c1ccc(CO)c(Br)c1. The number of hydrogen-bond donors (Lipinski definition) is 1. The fraction of sp³-hybridized carbons (Fsp3) is 0.455. The first kappa shape index (κ1) is 12.9. The molecule has 0 aromatic heterocycles. The van der Waals surface area contributed by atoms with Crippen LogP contribution in [0.3, 0.4) is 0 Å². The van der Waals surface area contributed by atoms with Gasteiger partial charge in [-0.05, 0) is 24.0 Å². The lowest BCUT2D eigenvalue weighted by atomic mass is 10.2. The van der Waals surface area contributed by atoms with E-state index in [2.05, 4.69) is 34.1 Å². The molecule has 0 amide bonds. The molecule has 1 N–H and O–H groups in total. The molecule has 0 unspecified atom stereocenters. The molecule has 84 valence electrons. The van der Waals surface area contributed by atoms with Crippen LogP contribution in [0.5, 0.6) is 0 Å². The summed E-state index contributed by atoms with van der Waals surface area (Å²) in [4.78, 5) is 2.21. The zero-order valence-electron chi connectivity index (χ0n) is 9.03. The molecule has 0 heterocycles. The van der Waals surface area contributed by atoms with Gasteiger partial charge in [0, 0.05) is 29.5 Å². The average Bonchev–Trinajstić information content (AvgIpc) is 2.25. The van der Waals surface area contributed by atoms with Crippen LogP contribution in [0.1, 0.15) is 5.56 Å². The Kier molecular flexibility index (Phi) is 5.50. The quantitative estimate of drug-likeness (QED) is 0.902. The molecule has 0 radical (unpaired) electrons. The van der Waals surface area contributed by atoms with Crippen LogP contribution < -0.4 is 4.90 Å². The molecular weight excluding hydrogens is 274 g/mol. The number of nitrogens with zero attached hydrogens (tertiary/aromatic N) is 1. The lowest BCUT2D eigenvalue weighted by Gasteiger charge is -2.19. The van der Waals surface area contributed by atoms with Crippen LogP contribution >= 0.6 is 27.7 Å². The Morgan fingerprint density at radius 2 is 2.20 bits per heavy atom. The predicted octanol–water partition coefficient (Wildman–Crippen LogP) is 2.74. The van der Waals surface area contributed by atoms with Crippen LogP contribution in [0.25, 0.3) is 0 Å². The number of rotatable bonds is 5. The molecule has 15 heavy (non-hydrogen) atoms. The summed E-state index contributed by atoms with van der Waals surface area (Å²) >= 11 is 5.29. The van der Waals surface area contributed by atoms with Crippen LogP contribution in [0.15, 0.2) is 22.7 Å². The van der Waals surface area contributed by atoms with Gasteiger partial charge >= 0.3 is 0 Å². The van der Waals surface area contributed by atoms with E-state index in [1.165, 1.54) is 5.69 Å². The molecule has 0 bridgehead atoms. The number of halogens is 1. The van der Waals surface area contributed by atoms with Gasteiger partial charge in [-0.2, -0.15) is 11.8 Å². The molecule has 0 spiro atoms. The standard InChI is InChI=1S/C11H16BrNOS/c1-13(5-6-15-2)10-4-3-9(8-14)11(12)7-10/h3-4,7,14H,5-6,8H2,1-2H3. The summed E-state index contributed by atoms with van der Waals surface area (Å²) in [6.07, 6.45) is 2.11. The molecule has 0 saturated carbocycles. The first-order chi connectivity index (χ1) is 7.19. The van der Waals surface area contributed by atoms with Crippen LogP contribution in [0.4, 0.5) is 5.69 Å². The van der Waals surface area contributed by atoms with Crippen LogP contribution in [0, 0.1) is 0 Å². The van der Waals surface area contributed by atoms with Gasteiger partial charge in [0.2, 0.25) is 0 Å². The van der Waals surface area contributed by atoms with Gasteiger partial charge < -0.3 is 10.0 Å². The zero-order chi connectivity index (χ0) is 11.3. The molecule has 0 atom stereocenters. The number of anilines is 1. The Bertz CT molecular complexity index is 319. The first-order valence-corrected chi connectivity index (χ1v) is 6.97. The van der Waals surface area contributed by atoms with Crippen LogP contribution in [-0.4, -0.2) is 30.7 Å². The van der Waals surface area contributed by atoms with Crippen molar-refractivity contribution in [3.8, 4) is 0 Å². The van der Waals surface area contributed by atoms with E-state index in [0.717, 1.165) is 22.3 Å². The maximum Gasteiger partial charge on any atom is 0.0692 e. The Morgan fingerprint density at radius 3 is 2.73 bits per heavy atom. The summed E-state index contributed by atoms with van der Waals surface area (Å²) < 4.78 is 0.971. The Labute approximate surface area is 104 Å². The minimum atomic E-state index is 0.0788. The maximum absolute atomic E-state index is 9.04. The zero-order valence-corrected chi connectivity index (χ0v) is 11.4. The van der Waals surface area contributed by atoms with Crippen LogP contribution in [-0.2, 0) is 6.61 Å². The summed E-state index contributed by atoms with van der Waals surface area (Å²) in [7, 11) is 2.08. The Balaban J connectivity index is 2.73. The molecule has 0 fully saturated rings. The van der Waals surface area contributed by atoms with Crippen molar-refractivity contribution < 1.29 is 5.11 Å². The highest BCUT2D eigenvalue weighted by Gasteiger charge is 2.04. The van der Waals surface area contributed by atoms with E-state index in [9.17, 15) is 0 Å². The number of thioether (sulfide) groups is 1. The predicted molar refractivity (Wildman–Crippen MR) is 71.7 cm³/mol. The van der Waals surface area contributed by atoms with Crippen molar-refractivity contribution in [2.75, 3.05) is 30.5 Å². The molecule has 0 saturated heterocycles. The van der Waals surface area contributed by atoms with Gasteiger partial charge in [0.05, 0.1) is 6.61 Å². The number of aliphatic hydroxyl groups is 1. The van der Waals surface area contributed by atoms with Crippen molar-refractivity contribution in [1.29, 1.82) is 0 Å². The van der Waals surface area contributed by atoms with E-state index < -0.39 is 0 Å². The molecule has 1 rings (SSSR count). The normalized spacial score (nSPS) is 10.4. The third-order valence-electron chi connectivity index (χ3n) is 2.28. The fourth-order valence-corrected chi connectivity index (χ4v) is 2.21. The molecule has 0 aliphatic carbocycles. The molecule has 1 aromatic rings. The fourth-order valence-electron chi connectivity index (χ4n) is 1.26. The van der Waals surface area contributed by atoms with Gasteiger partial charge in [-0.25, -0.2) is 0 Å². The smallest absolute Gasteiger partial charge is 0.0692 e. The van der Waals surface area contributed by atoms with E-state index >= 15 is 0 Å². The molecular formula is C11H16BrNOS. The minimum Gasteiger partial charge on any atom is -0.392 e. The van der Waals surface area contributed by atoms with E-state index in [1.807, 2.05) is 30.0 Å². The van der Waals surface area contributed by atoms with Crippen molar-refractivity contribution in [3.05, 3.63) is 28.2 Å². The molecule has 1 aromatic carbocycles. The largest absolute Gasteiger partial charge is 0.392 e. The second kappa shape index (κ2) is 6.40. The second-order valence-electron chi connectivity index (χ2n) is 3.35. The van der Waals surface area contributed by atoms with Gasteiger partial charge in [-0.3, -0.25) is 0 Å². The van der Waals surface area contributed by atoms with Gasteiger partial charge in [0.15, 0.2) is 0 Å². The van der Waals surface area contributed by atoms with Gasteiger partial charge in [0.1, 0.15) is 0 Å². The molecule has 0 aliphatic heterocycles. The van der Waals surface area contributed by atoms with E-state index in [4.69, 9.17) is 5.11 Å². The van der Waals surface area contributed by atoms with Gasteiger partial charge in [-0.15, -0.1) is 0 Å². The topological polar surface area (TPSA) is 23.5 Å². The van der Waals surface area contributed by atoms with Crippen molar-refractivity contribution in [2.45, 2.75) is 6.61 Å². The lowest BCUT2D eigenvalue weighted by Crippen LogP contribution is -2.20. The summed E-state index contributed by atoms with van der Waals surface area (Å²) in [5.74, 6) is 1.12. The summed E-state index contributed by atoms with van der Waals surface area (Å²) in [5.41, 5.74) is 2.10. The van der Waals surface area contributed by atoms with Gasteiger partial charge in [0.25, 0.3) is 0 Å². The third kappa shape index (κ3) is 3.70. The monoisotopic (exact) mass is 289 g/mol. The third-order valence-corrected chi connectivity index (χ3v) is 3.61. The highest BCUT2D eigenvalue weighted by molar-refractivity contribution is 9.10. The average molecular weight is 290 g/mol. The van der Waals surface area contributed by atoms with E-state index in [0.29, 0.717) is 0 Å². The minimum absolute atomic E-state index is 0.0788. The van der Waals surface area contributed by atoms with Crippen molar-refractivity contribution in [1.82, 2.24) is 0 Å². The number of benzene rings is 1. The lowest BCUT2D eigenvalue weighted by molar-refractivity contribution is 0.281. The summed E-state index contributed by atoms with van der Waals surface area (Å²) in [6, 6.07) is 6.04. The van der Waals surface area contributed by atoms with Crippen molar-refractivity contribution in [3.63, 3.8) is 0 Å². The van der Waals surface area contributed by atoms with Gasteiger partial charge in [-0.1, -0.05) is 22.0 Å². The van der Waals surface area contributed by atoms with Crippen LogP contribution in [0.2, 0.25) is 0 Å². The molecule has 4 heteroatoms. The number of aliphatic hydroxyl groups excluding tert-OH is 1. The second-order valence-corrected chi connectivity index (χ2v) is 5.19. The van der Waals surface area contributed by atoms with Crippen molar-refractivity contribution in [2.24, 2.45) is 0 Å². The molecule has 0 aliphatic rings. The van der Waals surface area contributed by atoms with E-state index in [-0.39, 0.29) is 6.61 Å². The summed E-state index contributed by atoms with van der Waals surface area (Å²) in [5, 5.41) is 9.04. The van der Waals surface area contributed by atoms with E-state index in [1.54, 1.807) is 0 Å². The Morgan fingerprint density at radius 1 is 1.47 bits per heavy atom. The summed E-state index contributed by atoms with van der Waals surface area (Å²) in [6.45, 7) is 1.11. The maximum atomic E-state index is 9.04. The molecule has 2 nitrogen and oxygen atoms in total. The highest BCUT2D eigenvalue weighted by Crippen LogP contribution is 2.23. The highest BCUT2D eigenvalue weighted by atomic mass is 79.9. The number of hydrogen-bond acceptors (Lipinski definition) is 3.